The van der Waals surface area contributed by atoms with Crippen molar-refractivity contribution in [3.8, 4) is 0 Å². The summed E-state index contributed by atoms with van der Waals surface area (Å²) in [6.45, 7) is 7.74. The van der Waals surface area contributed by atoms with E-state index in [9.17, 15) is 9.59 Å². The first-order valence-corrected chi connectivity index (χ1v) is 8.21. The Morgan fingerprint density at radius 3 is 3.00 bits per heavy atom. The number of benzene rings is 1. The predicted molar refractivity (Wildman–Crippen MR) is 91.7 cm³/mol. The summed E-state index contributed by atoms with van der Waals surface area (Å²) in [6, 6.07) is 8.18. The molecule has 0 aliphatic carbocycles. The van der Waals surface area contributed by atoms with Crippen molar-refractivity contribution in [2.45, 2.75) is 20.3 Å². The van der Waals surface area contributed by atoms with Gasteiger partial charge in [0, 0.05) is 38.4 Å². The van der Waals surface area contributed by atoms with E-state index in [1.165, 1.54) is 5.56 Å². The van der Waals surface area contributed by atoms with Crippen molar-refractivity contribution < 1.29 is 9.59 Å². The van der Waals surface area contributed by atoms with Crippen LogP contribution in [0.4, 0.5) is 10.5 Å². The van der Waals surface area contributed by atoms with E-state index in [2.05, 4.69) is 47.6 Å². The molecule has 1 aliphatic rings. The van der Waals surface area contributed by atoms with E-state index < -0.39 is 0 Å². The predicted octanol–water partition coefficient (Wildman–Crippen LogP) is 1.35. The number of nitrogens with one attached hydrogen (secondary N) is 2. The van der Waals surface area contributed by atoms with Crippen LogP contribution in [0.25, 0.3) is 0 Å². The number of rotatable bonds is 5. The molecule has 1 aromatic rings. The van der Waals surface area contributed by atoms with Gasteiger partial charge < -0.3 is 20.4 Å². The van der Waals surface area contributed by atoms with Crippen molar-refractivity contribution in [3.63, 3.8) is 0 Å². The molecule has 2 N–H and O–H groups in total. The van der Waals surface area contributed by atoms with Crippen LogP contribution in [0.2, 0.25) is 0 Å². The fourth-order valence-electron chi connectivity index (χ4n) is 2.68. The molecule has 0 saturated carbocycles. The third kappa shape index (κ3) is 5.16. The van der Waals surface area contributed by atoms with Crippen LogP contribution in [0.3, 0.4) is 0 Å². The largest absolute Gasteiger partial charge is 0.370 e. The highest BCUT2D eigenvalue weighted by atomic mass is 16.2. The maximum atomic E-state index is 12.2. The van der Waals surface area contributed by atoms with Crippen LogP contribution >= 0.6 is 0 Å². The van der Waals surface area contributed by atoms with Gasteiger partial charge in [0.1, 0.15) is 6.54 Å². The summed E-state index contributed by atoms with van der Waals surface area (Å²) < 4.78 is 0. The highest BCUT2D eigenvalue weighted by Crippen LogP contribution is 2.14. The third-order valence-corrected chi connectivity index (χ3v) is 3.96. The number of carbonyl (C=O) groups excluding carboxylic acids is 2. The molecule has 0 atom stereocenters. The lowest BCUT2D eigenvalue weighted by atomic mass is 10.2. The Balaban J connectivity index is 1.82. The molecule has 1 aromatic carbocycles. The van der Waals surface area contributed by atoms with Gasteiger partial charge in [0.15, 0.2) is 0 Å². The lowest BCUT2D eigenvalue weighted by molar-refractivity contribution is -0.121. The van der Waals surface area contributed by atoms with E-state index in [-0.39, 0.29) is 18.5 Å². The minimum Gasteiger partial charge on any atom is -0.370 e. The summed E-state index contributed by atoms with van der Waals surface area (Å²) in [5.41, 5.74) is 2.39. The van der Waals surface area contributed by atoms with E-state index in [4.69, 9.17) is 0 Å². The average Bonchev–Trinajstić information content (AvgIpc) is 2.76. The van der Waals surface area contributed by atoms with Crippen molar-refractivity contribution >= 4 is 17.6 Å². The number of hydrogen-bond acceptors (Lipinski definition) is 3. The van der Waals surface area contributed by atoms with Crippen LogP contribution in [0.15, 0.2) is 24.3 Å². The number of likely N-dealkylation sites (N-methyl/N-ethyl adjacent to an activating group) is 1. The van der Waals surface area contributed by atoms with Gasteiger partial charge in [0.05, 0.1) is 0 Å². The van der Waals surface area contributed by atoms with Gasteiger partial charge in [0.25, 0.3) is 0 Å². The lowest BCUT2D eigenvalue weighted by Gasteiger charge is -2.25. The minimum atomic E-state index is -0.164. The van der Waals surface area contributed by atoms with Gasteiger partial charge >= 0.3 is 6.03 Å². The third-order valence-electron chi connectivity index (χ3n) is 3.96. The van der Waals surface area contributed by atoms with Gasteiger partial charge in [-0.25, -0.2) is 4.79 Å². The second-order valence-electron chi connectivity index (χ2n) is 5.78. The van der Waals surface area contributed by atoms with Crippen LogP contribution < -0.4 is 15.5 Å². The molecule has 0 bridgehead atoms. The quantitative estimate of drug-likeness (QED) is 0.861. The van der Waals surface area contributed by atoms with Gasteiger partial charge in [-0.05, 0) is 38.0 Å². The number of urea groups is 1. The molecular weight excluding hydrogens is 292 g/mol. The number of aryl methyl sites for hydroxylation is 1. The van der Waals surface area contributed by atoms with E-state index in [0.717, 1.165) is 25.2 Å². The first-order valence-electron chi connectivity index (χ1n) is 8.21. The summed E-state index contributed by atoms with van der Waals surface area (Å²) >= 11 is 0. The number of carbonyl (C=O) groups is 2. The Bertz CT molecular complexity index is 547. The second kappa shape index (κ2) is 8.41. The molecule has 0 radical (unpaired) electrons. The highest BCUT2D eigenvalue weighted by molar-refractivity contribution is 5.84. The molecule has 0 spiro atoms. The van der Waals surface area contributed by atoms with Gasteiger partial charge in [-0.15, -0.1) is 0 Å². The van der Waals surface area contributed by atoms with Crippen LogP contribution in [-0.2, 0) is 4.79 Å². The molecule has 3 amide bonds. The zero-order chi connectivity index (χ0) is 16.7. The fourth-order valence-corrected chi connectivity index (χ4v) is 2.68. The number of anilines is 1. The molecule has 0 aromatic heterocycles. The molecule has 0 unspecified atom stereocenters. The minimum absolute atomic E-state index is 0.0902. The van der Waals surface area contributed by atoms with Crippen molar-refractivity contribution in [3.05, 3.63) is 29.8 Å². The topological polar surface area (TPSA) is 64.7 Å². The summed E-state index contributed by atoms with van der Waals surface area (Å²) in [5, 5.41) is 5.69. The summed E-state index contributed by atoms with van der Waals surface area (Å²) in [5.74, 6) is -0.0902. The van der Waals surface area contributed by atoms with Crippen LogP contribution in [0.1, 0.15) is 18.9 Å². The molecule has 1 aliphatic heterocycles. The molecule has 6 nitrogen and oxygen atoms in total. The van der Waals surface area contributed by atoms with Crippen molar-refractivity contribution in [2.75, 3.05) is 44.2 Å². The average molecular weight is 318 g/mol. The Morgan fingerprint density at radius 1 is 1.43 bits per heavy atom. The zero-order valence-electron chi connectivity index (χ0n) is 14.0. The zero-order valence-corrected chi connectivity index (χ0v) is 14.0. The van der Waals surface area contributed by atoms with E-state index in [0.29, 0.717) is 19.6 Å². The molecular formula is C17H26N4O2. The maximum absolute atomic E-state index is 12.2. The van der Waals surface area contributed by atoms with Gasteiger partial charge in [-0.3, -0.25) is 4.79 Å². The SMILES string of the molecule is CCN(CCNC(=O)N1CCCNC(=O)C1)c1cccc(C)c1. The fraction of sp³-hybridized carbons (Fsp3) is 0.529. The smallest absolute Gasteiger partial charge is 0.317 e. The maximum Gasteiger partial charge on any atom is 0.317 e. The molecule has 6 heteroatoms. The Morgan fingerprint density at radius 2 is 2.26 bits per heavy atom. The van der Waals surface area contributed by atoms with E-state index >= 15 is 0 Å². The molecule has 23 heavy (non-hydrogen) atoms. The monoisotopic (exact) mass is 318 g/mol. The Kier molecular flexibility index (Phi) is 6.26. The molecule has 1 heterocycles. The van der Waals surface area contributed by atoms with Crippen molar-refractivity contribution in [1.29, 1.82) is 0 Å². The van der Waals surface area contributed by atoms with Crippen LogP contribution in [-0.4, -0.2) is 56.1 Å². The van der Waals surface area contributed by atoms with E-state index in [1.807, 2.05) is 6.07 Å². The van der Waals surface area contributed by atoms with Crippen molar-refractivity contribution in [1.82, 2.24) is 15.5 Å². The van der Waals surface area contributed by atoms with Gasteiger partial charge in [-0.1, -0.05) is 12.1 Å². The van der Waals surface area contributed by atoms with Crippen molar-refractivity contribution in [2.24, 2.45) is 0 Å². The summed E-state index contributed by atoms with van der Waals surface area (Å²) in [6.07, 6.45) is 0.795. The number of hydrogen-bond donors (Lipinski definition) is 2. The Labute approximate surface area is 137 Å². The van der Waals surface area contributed by atoms with Gasteiger partial charge in [0.2, 0.25) is 5.91 Å². The van der Waals surface area contributed by atoms with Gasteiger partial charge in [-0.2, -0.15) is 0 Å². The second-order valence-corrected chi connectivity index (χ2v) is 5.78. The number of amides is 3. The van der Waals surface area contributed by atoms with Crippen LogP contribution in [0.5, 0.6) is 0 Å². The molecule has 1 fully saturated rings. The summed E-state index contributed by atoms with van der Waals surface area (Å²) in [4.78, 5) is 27.5. The standard InChI is InChI=1S/C17H26N4O2/c1-3-20(15-7-4-6-14(2)12-15)11-9-19-17(23)21-10-5-8-18-16(22)13-21/h4,6-7,12H,3,5,8-11,13H2,1-2H3,(H,18,22)(H,19,23). The van der Waals surface area contributed by atoms with E-state index in [1.54, 1.807) is 4.90 Å². The first-order chi connectivity index (χ1) is 11.1. The first kappa shape index (κ1) is 17.1. The lowest BCUT2D eigenvalue weighted by Crippen LogP contribution is -2.45. The highest BCUT2D eigenvalue weighted by Gasteiger charge is 2.19. The molecule has 2 rings (SSSR count). The number of nitrogens with zero attached hydrogens (tertiary/aromatic N) is 2. The molecule has 1 saturated heterocycles. The molecule has 126 valence electrons. The summed E-state index contributed by atoms with van der Waals surface area (Å²) in [7, 11) is 0. The Hall–Kier alpha value is -2.24. The van der Waals surface area contributed by atoms with Crippen LogP contribution in [0, 0.1) is 6.92 Å². The normalized spacial score (nSPS) is 14.9.